The molecule has 0 aliphatic heterocycles. The molecule has 3 aromatic rings. The molecule has 2 aromatic carbocycles. The van der Waals surface area contributed by atoms with E-state index >= 15 is 0 Å². The maximum Gasteiger partial charge on any atom is 0.336 e. The van der Waals surface area contributed by atoms with E-state index in [9.17, 15) is 4.79 Å². The maximum absolute atomic E-state index is 12.0. The Labute approximate surface area is 165 Å². The van der Waals surface area contributed by atoms with E-state index in [0.29, 0.717) is 12.1 Å². The van der Waals surface area contributed by atoms with Gasteiger partial charge in [-0.1, -0.05) is 24.3 Å². The summed E-state index contributed by atoms with van der Waals surface area (Å²) in [5.74, 6) is 0.849. The van der Waals surface area contributed by atoms with Gasteiger partial charge in [-0.25, -0.2) is 4.79 Å². The Kier molecular flexibility index (Phi) is 6.17. The number of likely N-dealkylation sites (N-methyl/N-ethyl adjacent to an activating group) is 1. The predicted molar refractivity (Wildman–Crippen MR) is 113 cm³/mol. The van der Waals surface area contributed by atoms with Crippen LogP contribution < -0.4 is 15.7 Å². The standard InChI is InChI=1S/C23H28N2O3/c1-15-6-11-20-18(12-22(26)28-23(20)16(15)2)13-24-14-21(25(3)4)17-7-9-19(27-5)10-8-17/h6-12,21,24H,13-14H2,1-5H3/t21-/m1/s1. The van der Waals surface area contributed by atoms with Crippen LogP contribution in [0.1, 0.15) is 28.3 Å². The molecule has 1 heterocycles. The lowest BCUT2D eigenvalue weighted by Crippen LogP contribution is -2.31. The van der Waals surface area contributed by atoms with Gasteiger partial charge in [0.25, 0.3) is 0 Å². The van der Waals surface area contributed by atoms with Crippen LogP contribution in [0.15, 0.2) is 51.7 Å². The summed E-state index contributed by atoms with van der Waals surface area (Å²) in [5, 5.41) is 4.50. The summed E-state index contributed by atoms with van der Waals surface area (Å²) in [7, 11) is 5.80. The highest BCUT2D eigenvalue weighted by Crippen LogP contribution is 2.24. The highest BCUT2D eigenvalue weighted by atomic mass is 16.5. The average molecular weight is 380 g/mol. The molecule has 5 nitrogen and oxygen atoms in total. The van der Waals surface area contributed by atoms with Crippen LogP contribution in [-0.4, -0.2) is 32.6 Å². The molecule has 0 unspecified atom stereocenters. The number of ether oxygens (including phenoxy) is 1. The predicted octanol–water partition coefficient (Wildman–Crippen LogP) is 3.81. The molecule has 0 saturated heterocycles. The number of fused-ring (bicyclic) bond motifs is 1. The van der Waals surface area contributed by atoms with Gasteiger partial charge in [-0.2, -0.15) is 0 Å². The minimum absolute atomic E-state index is 0.210. The zero-order valence-electron chi connectivity index (χ0n) is 17.2. The quantitative estimate of drug-likeness (QED) is 0.632. The number of benzene rings is 2. The van der Waals surface area contributed by atoms with E-state index in [0.717, 1.165) is 34.4 Å². The summed E-state index contributed by atoms with van der Waals surface area (Å²) < 4.78 is 10.7. The van der Waals surface area contributed by atoms with Gasteiger partial charge < -0.3 is 19.4 Å². The monoisotopic (exact) mass is 380 g/mol. The van der Waals surface area contributed by atoms with Crippen molar-refractivity contribution in [1.29, 1.82) is 0 Å². The van der Waals surface area contributed by atoms with Gasteiger partial charge in [0.15, 0.2) is 0 Å². The van der Waals surface area contributed by atoms with Crippen LogP contribution in [0.5, 0.6) is 5.75 Å². The summed E-state index contributed by atoms with van der Waals surface area (Å²) in [6, 6.07) is 14.0. The normalized spacial score (nSPS) is 12.5. The van der Waals surface area contributed by atoms with E-state index < -0.39 is 0 Å². The first-order valence-corrected chi connectivity index (χ1v) is 9.44. The van der Waals surface area contributed by atoms with Crippen molar-refractivity contribution >= 4 is 11.0 Å². The van der Waals surface area contributed by atoms with E-state index in [4.69, 9.17) is 9.15 Å². The highest BCUT2D eigenvalue weighted by molar-refractivity contribution is 5.83. The Morgan fingerprint density at radius 1 is 1.11 bits per heavy atom. The third-order valence-corrected chi connectivity index (χ3v) is 5.29. The Bertz CT molecular complexity index is 1010. The van der Waals surface area contributed by atoms with Crippen molar-refractivity contribution in [2.45, 2.75) is 26.4 Å². The number of nitrogens with one attached hydrogen (secondary N) is 1. The van der Waals surface area contributed by atoms with Gasteiger partial charge in [0.1, 0.15) is 11.3 Å². The molecule has 3 rings (SSSR count). The summed E-state index contributed by atoms with van der Waals surface area (Å²) >= 11 is 0. The van der Waals surface area contributed by atoms with Crippen LogP contribution in [0.2, 0.25) is 0 Å². The molecule has 0 saturated carbocycles. The van der Waals surface area contributed by atoms with E-state index in [2.05, 4.69) is 42.5 Å². The van der Waals surface area contributed by atoms with Crippen molar-refractivity contribution in [3.63, 3.8) is 0 Å². The lowest BCUT2D eigenvalue weighted by molar-refractivity contribution is 0.288. The third-order valence-electron chi connectivity index (χ3n) is 5.29. The molecule has 0 fully saturated rings. The Morgan fingerprint density at radius 2 is 1.82 bits per heavy atom. The number of rotatable bonds is 7. The maximum atomic E-state index is 12.0. The van der Waals surface area contributed by atoms with Crippen molar-refractivity contribution in [1.82, 2.24) is 10.2 Å². The van der Waals surface area contributed by atoms with Gasteiger partial charge in [0.05, 0.1) is 7.11 Å². The molecule has 148 valence electrons. The molecular formula is C23H28N2O3. The van der Waals surface area contributed by atoms with Crippen molar-refractivity contribution in [2.24, 2.45) is 0 Å². The van der Waals surface area contributed by atoms with Gasteiger partial charge in [-0.3, -0.25) is 0 Å². The van der Waals surface area contributed by atoms with Crippen LogP contribution in [0.3, 0.4) is 0 Å². The van der Waals surface area contributed by atoms with Gasteiger partial charge in [-0.05, 0) is 62.3 Å². The van der Waals surface area contributed by atoms with Crippen molar-refractivity contribution < 1.29 is 9.15 Å². The van der Waals surface area contributed by atoms with Gasteiger partial charge in [-0.15, -0.1) is 0 Å². The summed E-state index contributed by atoms with van der Waals surface area (Å²) in [6.07, 6.45) is 0. The number of methoxy groups -OCH3 is 1. The fourth-order valence-corrected chi connectivity index (χ4v) is 3.44. The van der Waals surface area contributed by atoms with Crippen LogP contribution in [0.4, 0.5) is 0 Å². The topological polar surface area (TPSA) is 54.7 Å². The lowest BCUT2D eigenvalue weighted by atomic mass is 10.0. The first-order chi connectivity index (χ1) is 13.4. The van der Waals surface area contributed by atoms with Gasteiger partial charge in [0.2, 0.25) is 0 Å². The van der Waals surface area contributed by atoms with Crippen molar-refractivity contribution in [3.8, 4) is 5.75 Å². The first-order valence-electron chi connectivity index (χ1n) is 9.44. The van der Waals surface area contributed by atoms with E-state index in [1.54, 1.807) is 13.2 Å². The highest BCUT2D eigenvalue weighted by Gasteiger charge is 2.15. The van der Waals surface area contributed by atoms with Crippen LogP contribution in [0, 0.1) is 13.8 Å². The molecule has 5 heteroatoms. The molecule has 0 bridgehead atoms. The van der Waals surface area contributed by atoms with Crippen LogP contribution in [-0.2, 0) is 6.54 Å². The Morgan fingerprint density at radius 3 is 2.46 bits per heavy atom. The number of nitrogens with zero attached hydrogens (tertiary/aromatic N) is 1. The second-order valence-electron chi connectivity index (χ2n) is 7.36. The van der Waals surface area contributed by atoms with Crippen molar-refractivity contribution in [3.05, 3.63) is 75.1 Å². The molecule has 0 radical (unpaired) electrons. The fraction of sp³-hybridized carbons (Fsp3) is 0.348. The van der Waals surface area contributed by atoms with Crippen molar-refractivity contribution in [2.75, 3.05) is 27.7 Å². The summed E-state index contributed by atoms with van der Waals surface area (Å²) in [4.78, 5) is 14.2. The molecule has 0 aliphatic carbocycles. The molecular weight excluding hydrogens is 352 g/mol. The lowest BCUT2D eigenvalue weighted by Gasteiger charge is -2.25. The summed E-state index contributed by atoms with van der Waals surface area (Å²) in [6.45, 7) is 5.37. The third kappa shape index (κ3) is 4.26. The van der Waals surface area contributed by atoms with Crippen LogP contribution >= 0.6 is 0 Å². The smallest absolute Gasteiger partial charge is 0.336 e. The average Bonchev–Trinajstić information content (AvgIpc) is 2.68. The molecule has 1 aromatic heterocycles. The first kappa shape index (κ1) is 20.1. The Hall–Kier alpha value is -2.63. The zero-order valence-corrected chi connectivity index (χ0v) is 17.2. The molecule has 0 amide bonds. The van der Waals surface area contributed by atoms with Gasteiger partial charge >= 0.3 is 5.63 Å². The largest absolute Gasteiger partial charge is 0.497 e. The van der Waals surface area contributed by atoms with Crippen LogP contribution in [0.25, 0.3) is 11.0 Å². The molecule has 1 atom stereocenters. The number of aryl methyl sites for hydroxylation is 2. The molecule has 0 spiro atoms. The molecule has 0 aliphatic rings. The molecule has 1 N–H and O–H groups in total. The fourth-order valence-electron chi connectivity index (χ4n) is 3.44. The second-order valence-corrected chi connectivity index (χ2v) is 7.36. The summed E-state index contributed by atoms with van der Waals surface area (Å²) in [5.41, 5.74) is 4.68. The van der Waals surface area contributed by atoms with Gasteiger partial charge in [0, 0.05) is 30.6 Å². The van der Waals surface area contributed by atoms with E-state index in [-0.39, 0.29) is 11.7 Å². The van der Waals surface area contributed by atoms with E-state index in [1.807, 2.05) is 32.0 Å². The SMILES string of the molecule is COc1ccc([C@@H](CNCc2cc(=O)oc3c(C)c(C)ccc23)N(C)C)cc1. The minimum atomic E-state index is -0.308. The van der Waals surface area contributed by atoms with E-state index in [1.165, 1.54) is 5.56 Å². The molecule has 28 heavy (non-hydrogen) atoms. The minimum Gasteiger partial charge on any atom is -0.497 e. The zero-order chi connectivity index (χ0) is 20.3. The Balaban J connectivity index is 1.79. The number of hydrogen-bond acceptors (Lipinski definition) is 5. The second kappa shape index (κ2) is 8.59. The number of hydrogen-bond donors (Lipinski definition) is 1.